The maximum absolute atomic E-state index is 14.3. The number of hydrogen-bond acceptors (Lipinski definition) is 4. The first kappa shape index (κ1) is 26.7. The van der Waals surface area contributed by atoms with Crippen LogP contribution in [0.15, 0.2) is 36.4 Å². The first-order valence-corrected chi connectivity index (χ1v) is 11.5. The second-order valence-corrected chi connectivity index (χ2v) is 8.99. The molecule has 0 saturated carbocycles. The minimum atomic E-state index is -4.73. The average molecular weight is 522 g/mol. The quantitative estimate of drug-likeness (QED) is 0.456. The van der Waals surface area contributed by atoms with E-state index in [-0.39, 0.29) is 12.5 Å². The number of piperazine rings is 1. The highest BCUT2D eigenvalue weighted by atomic mass is 35.5. The zero-order valence-electron chi connectivity index (χ0n) is 18.1. The van der Waals surface area contributed by atoms with Gasteiger partial charge in [0.1, 0.15) is 5.82 Å². The van der Waals surface area contributed by atoms with E-state index in [1.54, 1.807) is 18.2 Å². The first-order valence-electron chi connectivity index (χ1n) is 10.8. The molecule has 0 bridgehead atoms. The van der Waals surface area contributed by atoms with Gasteiger partial charge in [-0.1, -0.05) is 29.3 Å². The number of rotatable bonds is 8. The van der Waals surface area contributed by atoms with E-state index in [9.17, 15) is 27.5 Å². The van der Waals surface area contributed by atoms with Crippen LogP contribution >= 0.6 is 23.2 Å². The molecule has 1 aliphatic rings. The molecule has 1 saturated heterocycles. The van der Waals surface area contributed by atoms with Gasteiger partial charge in [-0.05, 0) is 48.7 Å². The van der Waals surface area contributed by atoms with Crippen LogP contribution in [0.4, 0.5) is 17.6 Å². The molecule has 1 heterocycles. The number of aliphatic hydroxyl groups excluding tert-OH is 1. The highest BCUT2D eigenvalue weighted by molar-refractivity contribution is 6.42. The lowest BCUT2D eigenvalue weighted by Crippen LogP contribution is -2.48. The van der Waals surface area contributed by atoms with E-state index in [0.717, 1.165) is 32.2 Å². The van der Waals surface area contributed by atoms with Gasteiger partial charge in [0, 0.05) is 32.7 Å². The summed E-state index contributed by atoms with van der Waals surface area (Å²) in [5, 5.41) is 17.4. The third-order valence-electron chi connectivity index (χ3n) is 5.71. The van der Waals surface area contributed by atoms with Crippen LogP contribution in [0.2, 0.25) is 10.0 Å². The lowest BCUT2D eigenvalue weighted by molar-refractivity contribution is -0.137. The Morgan fingerprint density at radius 1 is 1.12 bits per heavy atom. The summed E-state index contributed by atoms with van der Waals surface area (Å²) >= 11 is 12.0. The highest BCUT2D eigenvalue weighted by Crippen LogP contribution is 2.30. The van der Waals surface area contributed by atoms with Gasteiger partial charge < -0.3 is 20.6 Å². The van der Waals surface area contributed by atoms with Gasteiger partial charge in [-0.2, -0.15) is 13.2 Å². The van der Waals surface area contributed by atoms with Gasteiger partial charge in [0.05, 0.1) is 33.3 Å². The number of amides is 1. The van der Waals surface area contributed by atoms with Crippen molar-refractivity contribution in [2.45, 2.75) is 31.2 Å². The Kier molecular flexibility index (Phi) is 9.17. The van der Waals surface area contributed by atoms with E-state index in [0.29, 0.717) is 34.6 Å². The molecule has 0 aromatic heterocycles. The van der Waals surface area contributed by atoms with E-state index in [1.807, 2.05) is 0 Å². The van der Waals surface area contributed by atoms with Crippen molar-refractivity contribution in [1.82, 2.24) is 15.5 Å². The van der Waals surface area contributed by atoms with Gasteiger partial charge in [0.25, 0.3) is 5.91 Å². The van der Waals surface area contributed by atoms with Gasteiger partial charge in [0.15, 0.2) is 0 Å². The van der Waals surface area contributed by atoms with E-state index in [1.165, 1.54) is 0 Å². The van der Waals surface area contributed by atoms with Crippen LogP contribution in [0.3, 0.4) is 0 Å². The van der Waals surface area contributed by atoms with Crippen molar-refractivity contribution in [3.05, 3.63) is 69.0 Å². The molecule has 1 fully saturated rings. The maximum Gasteiger partial charge on any atom is 0.416 e. The molecule has 2 unspecified atom stereocenters. The number of alkyl halides is 3. The molecule has 5 nitrogen and oxygen atoms in total. The Morgan fingerprint density at radius 2 is 1.82 bits per heavy atom. The van der Waals surface area contributed by atoms with Crippen molar-refractivity contribution in [2.24, 2.45) is 0 Å². The van der Waals surface area contributed by atoms with Crippen molar-refractivity contribution < 1.29 is 27.5 Å². The topological polar surface area (TPSA) is 64.6 Å². The second kappa shape index (κ2) is 11.7. The summed E-state index contributed by atoms with van der Waals surface area (Å²) in [6, 6.07) is 5.75. The Hall–Kier alpha value is -1.91. The van der Waals surface area contributed by atoms with Crippen LogP contribution in [0.1, 0.15) is 27.9 Å². The van der Waals surface area contributed by atoms with Crippen LogP contribution in [0, 0.1) is 5.82 Å². The van der Waals surface area contributed by atoms with Crippen molar-refractivity contribution in [2.75, 3.05) is 32.7 Å². The van der Waals surface area contributed by atoms with Crippen molar-refractivity contribution in [3.8, 4) is 0 Å². The minimum absolute atomic E-state index is 0.160. The Balaban J connectivity index is 1.76. The number of benzene rings is 2. The van der Waals surface area contributed by atoms with Crippen molar-refractivity contribution >= 4 is 29.1 Å². The zero-order valence-corrected chi connectivity index (χ0v) is 19.7. The number of aliphatic hydroxyl groups is 1. The summed E-state index contributed by atoms with van der Waals surface area (Å²) in [4.78, 5) is 14.9. The number of halogens is 6. The monoisotopic (exact) mass is 521 g/mol. The van der Waals surface area contributed by atoms with Crippen molar-refractivity contribution in [3.63, 3.8) is 0 Å². The predicted octanol–water partition coefficient (Wildman–Crippen LogP) is 4.15. The summed E-state index contributed by atoms with van der Waals surface area (Å²) in [6.07, 6.45) is -5.23. The lowest BCUT2D eigenvalue weighted by atomic mass is 9.98. The Bertz CT molecular complexity index is 1000. The fraction of sp³-hybridized carbons (Fsp3) is 0.435. The molecular formula is C23H25Cl2F4N3O2. The molecule has 0 radical (unpaired) electrons. The average Bonchev–Trinajstić information content (AvgIpc) is 2.79. The SMILES string of the molecule is O=C(NC(Cc1ccc(Cl)c(Cl)c1)C(O)CCN1CCNCC1)c1ccc(C(F)(F)F)cc1F. The zero-order chi connectivity index (χ0) is 24.9. The van der Waals surface area contributed by atoms with Gasteiger partial charge in [0.2, 0.25) is 0 Å². The standard InChI is InChI=1S/C23H25Cl2F4N3O2/c24-17-4-1-14(11-18(17)25)12-20(21(33)5-8-32-9-6-30-7-10-32)31-22(34)16-3-2-15(13-19(16)26)23(27,28)29/h1-4,11,13,20-21,30,33H,5-10,12H2,(H,31,34). The summed E-state index contributed by atoms with van der Waals surface area (Å²) in [7, 11) is 0. The smallest absolute Gasteiger partial charge is 0.391 e. The van der Waals surface area contributed by atoms with E-state index >= 15 is 0 Å². The molecule has 0 aliphatic carbocycles. The molecule has 1 amide bonds. The van der Waals surface area contributed by atoms with Gasteiger partial charge in [-0.15, -0.1) is 0 Å². The Labute approximate surface area is 205 Å². The molecule has 11 heteroatoms. The fourth-order valence-corrected chi connectivity index (χ4v) is 4.10. The largest absolute Gasteiger partial charge is 0.416 e. The van der Waals surface area contributed by atoms with Crippen LogP contribution < -0.4 is 10.6 Å². The summed E-state index contributed by atoms with van der Waals surface area (Å²) in [5.41, 5.74) is -1.06. The van der Waals surface area contributed by atoms with E-state index in [4.69, 9.17) is 23.2 Å². The normalized spacial score (nSPS) is 16.8. The van der Waals surface area contributed by atoms with Crippen LogP contribution in [-0.2, 0) is 12.6 Å². The summed E-state index contributed by atoms with van der Waals surface area (Å²) in [6.45, 7) is 3.92. The lowest BCUT2D eigenvalue weighted by Gasteiger charge is -2.30. The van der Waals surface area contributed by atoms with Gasteiger partial charge in [-0.3, -0.25) is 4.79 Å². The van der Waals surface area contributed by atoms with E-state index < -0.39 is 41.2 Å². The number of nitrogens with zero attached hydrogens (tertiary/aromatic N) is 1. The maximum atomic E-state index is 14.3. The Morgan fingerprint density at radius 3 is 2.44 bits per heavy atom. The molecule has 2 aromatic carbocycles. The number of hydrogen-bond donors (Lipinski definition) is 3. The van der Waals surface area contributed by atoms with Crippen LogP contribution in [0.25, 0.3) is 0 Å². The molecular weight excluding hydrogens is 497 g/mol. The second-order valence-electron chi connectivity index (χ2n) is 8.17. The number of carbonyl (C=O) groups is 1. The summed E-state index contributed by atoms with van der Waals surface area (Å²) in [5.74, 6) is -2.21. The van der Waals surface area contributed by atoms with Crippen LogP contribution in [0.5, 0.6) is 0 Å². The molecule has 2 atom stereocenters. The van der Waals surface area contributed by atoms with Crippen LogP contribution in [-0.4, -0.2) is 60.8 Å². The molecule has 1 aliphatic heterocycles. The number of nitrogens with one attached hydrogen (secondary N) is 2. The van der Waals surface area contributed by atoms with Crippen molar-refractivity contribution in [1.29, 1.82) is 0 Å². The number of carbonyl (C=O) groups excluding carboxylic acids is 1. The minimum Gasteiger partial charge on any atom is -0.391 e. The molecule has 186 valence electrons. The third-order valence-corrected chi connectivity index (χ3v) is 6.45. The summed E-state index contributed by atoms with van der Waals surface area (Å²) < 4.78 is 52.8. The van der Waals surface area contributed by atoms with Gasteiger partial charge >= 0.3 is 6.18 Å². The molecule has 3 rings (SSSR count). The first-order chi connectivity index (χ1) is 16.0. The fourth-order valence-electron chi connectivity index (χ4n) is 3.78. The third kappa shape index (κ3) is 7.29. The van der Waals surface area contributed by atoms with Gasteiger partial charge in [-0.25, -0.2) is 4.39 Å². The van der Waals surface area contributed by atoms with E-state index in [2.05, 4.69) is 15.5 Å². The highest BCUT2D eigenvalue weighted by Gasteiger charge is 2.32. The molecule has 0 spiro atoms. The predicted molar refractivity (Wildman–Crippen MR) is 123 cm³/mol. The molecule has 2 aromatic rings. The molecule has 34 heavy (non-hydrogen) atoms. The molecule has 3 N–H and O–H groups in total.